The minimum Gasteiger partial charge on any atom is -0.356 e. The number of amides is 3. The van der Waals surface area contributed by atoms with Gasteiger partial charge in [0.2, 0.25) is 11.8 Å². The summed E-state index contributed by atoms with van der Waals surface area (Å²) in [5.74, 6) is 0.0638. The molecule has 6 heteroatoms. The number of hydrogen-bond donors (Lipinski definition) is 1. The molecule has 6 nitrogen and oxygen atoms in total. The molecule has 2 saturated heterocycles. The van der Waals surface area contributed by atoms with Gasteiger partial charge in [-0.25, -0.2) is 0 Å². The highest BCUT2D eigenvalue weighted by Gasteiger charge is 2.29. The molecule has 1 aromatic rings. The molecule has 0 saturated carbocycles. The van der Waals surface area contributed by atoms with Crippen LogP contribution in [0.4, 0.5) is 5.69 Å². The zero-order valence-corrected chi connectivity index (χ0v) is 18.2. The number of carbonyl (C=O) groups excluding carboxylic acids is 3. The fraction of sp³-hybridized carbons (Fsp3) is 0.625. The van der Waals surface area contributed by atoms with Crippen LogP contribution in [0.25, 0.3) is 0 Å². The first-order valence-electron chi connectivity index (χ1n) is 11.6. The number of nitrogens with zero attached hydrogens (tertiary/aromatic N) is 2. The topological polar surface area (TPSA) is 69.7 Å². The van der Waals surface area contributed by atoms with Crippen LogP contribution in [0.5, 0.6) is 0 Å². The van der Waals surface area contributed by atoms with Crippen molar-refractivity contribution in [2.75, 3.05) is 31.1 Å². The highest BCUT2D eigenvalue weighted by Crippen LogP contribution is 2.23. The summed E-state index contributed by atoms with van der Waals surface area (Å²) >= 11 is 0. The highest BCUT2D eigenvalue weighted by molar-refractivity contribution is 5.97. The van der Waals surface area contributed by atoms with E-state index in [1.165, 1.54) is 12.8 Å². The van der Waals surface area contributed by atoms with Crippen molar-refractivity contribution in [3.05, 3.63) is 29.8 Å². The Hall–Kier alpha value is -2.37. The number of benzene rings is 1. The Balaban J connectivity index is 1.53. The average Bonchev–Trinajstić information content (AvgIpc) is 2.79. The molecule has 0 aromatic heterocycles. The first-order chi connectivity index (χ1) is 14.6. The normalized spacial score (nSPS) is 19.6. The molecule has 30 heavy (non-hydrogen) atoms. The highest BCUT2D eigenvalue weighted by atomic mass is 16.2. The van der Waals surface area contributed by atoms with Gasteiger partial charge < -0.3 is 15.1 Å². The SMILES string of the molecule is CCCCCCNC(=O)C1CCCN(C(=O)c2ccc(N3CCCCC3=O)cc2)C1. The predicted molar refractivity (Wildman–Crippen MR) is 118 cm³/mol. The average molecular weight is 414 g/mol. The van der Waals surface area contributed by atoms with Crippen LogP contribution in [-0.2, 0) is 9.59 Å². The van der Waals surface area contributed by atoms with Gasteiger partial charge in [-0.2, -0.15) is 0 Å². The minimum absolute atomic E-state index is 0.0352. The van der Waals surface area contributed by atoms with E-state index in [4.69, 9.17) is 0 Å². The third-order valence-electron chi connectivity index (χ3n) is 6.16. The van der Waals surface area contributed by atoms with Crippen molar-refractivity contribution in [3.63, 3.8) is 0 Å². The van der Waals surface area contributed by atoms with E-state index in [9.17, 15) is 14.4 Å². The Morgan fingerprint density at radius 3 is 2.57 bits per heavy atom. The largest absolute Gasteiger partial charge is 0.356 e. The van der Waals surface area contributed by atoms with Crippen molar-refractivity contribution in [2.24, 2.45) is 5.92 Å². The van der Waals surface area contributed by atoms with Crippen LogP contribution in [0.15, 0.2) is 24.3 Å². The molecule has 2 fully saturated rings. The molecule has 164 valence electrons. The second kappa shape index (κ2) is 11.1. The van der Waals surface area contributed by atoms with Gasteiger partial charge in [-0.15, -0.1) is 0 Å². The smallest absolute Gasteiger partial charge is 0.253 e. The fourth-order valence-corrected chi connectivity index (χ4v) is 4.33. The van der Waals surface area contributed by atoms with Crippen LogP contribution in [-0.4, -0.2) is 48.8 Å². The van der Waals surface area contributed by atoms with Gasteiger partial charge in [0.1, 0.15) is 0 Å². The van der Waals surface area contributed by atoms with Gasteiger partial charge in [0.25, 0.3) is 5.91 Å². The van der Waals surface area contributed by atoms with E-state index in [2.05, 4.69) is 12.2 Å². The Kier molecular flexibility index (Phi) is 8.29. The van der Waals surface area contributed by atoms with Gasteiger partial charge >= 0.3 is 0 Å². The van der Waals surface area contributed by atoms with Crippen LogP contribution in [0.3, 0.4) is 0 Å². The second-order valence-electron chi connectivity index (χ2n) is 8.49. The Morgan fingerprint density at radius 2 is 1.83 bits per heavy atom. The summed E-state index contributed by atoms with van der Waals surface area (Å²) in [5, 5.41) is 3.04. The first kappa shape index (κ1) is 22.3. The molecule has 1 aromatic carbocycles. The molecule has 0 spiro atoms. The number of unbranched alkanes of at least 4 members (excludes halogenated alkanes) is 3. The number of nitrogens with one attached hydrogen (secondary N) is 1. The molecule has 0 bridgehead atoms. The Labute approximate surface area is 180 Å². The van der Waals surface area contributed by atoms with Gasteiger partial charge in [0.05, 0.1) is 5.92 Å². The Morgan fingerprint density at radius 1 is 1.03 bits per heavy atom. The summed E-state index contributed by atoms with van der Waals surface area (Å²) in [4.78, 5) is 41.2. The predicted octanol–water partition coefficient (Wildman–Crippen LogP) is 3.75. The number of anilines is 1. The van der Waals surface area contributed by atoms with Crippen molar-refractivity contribution >= 4 is 23.4 Å². The molecule has 2 aliphatic rings. The zero-order valence-electron chi connectivity index (χ0n) is 18.2. The molecule has 3 amide bonds. The minimum atomic E-state index is -0.126. The van der Waals surface area contributed by atoms with Gasteiger partial charge in [0.15, 0.2) is 0 Å². The third kappa shape index (κ3) is 5.83. The van der Waals surface area contributed by atoms with Gasteiger partial charge in [-0.05, 0) is 56.4 Å². The molecule has 0 aliphatic carbocycles. The molecule has 2 heterocycles. The number of carbonyl (C=O) groups is 3. The maximum absolute atomic E-state index is 13.0. The maximum atomic E-state index is 13.0. The third-order valence-corrected chi connectivity index (χ3v) is 6.16. The fourth-order valence-electron chi connectivity index (χ4n) is 4.33. The first-order valence-corrected chi connectivity index (χ1v) is 11.6. The molecule has 0 radical (unpaired) electrons. The molecular weight excluding hydrogens is 378 g/mol. The molecule has 3 rings (SSSR count). The quantitative estimate of drug-likeness (QED) is 0.660. The lowest BCUT2D eigenvalue weighted by Crippen LogP contribution is -2.45. The number of piperidine rings is 2. The zero-order chi connectivity index (χ0) is 21.3. The summed E-state index contributed by atoms with van der Waals surface area (Å²) in [6.07, 6.45) is 8.79. The maximum Gasteiger partial charge on any atom is 0.253 e. The second-order valence-corrected chi connectivity index (χ2v) is 8.49. The van der Waals surface area contributed by atoms with Crippen molar-refractivity contribution in [2.45, 2.75) is 64.7 Å². The number of hydrogen-bond acceptors (Lipinski definition) is 3. The van der Waals surface area contributed by atoms with Crippen molar-refractivity contribution in [1.29, 1.82) is 0 Å². The standard InChI is InChI=1S/C24H35N3O3/c1-2-3-4-6-15-25-23(29)20-9-8-16-26(18-20)24(30)19-11-13-21(14-12-19)27-17-7-5-10-22(27)28/h11-14,20H,2-10,15-18H2,1H3,(H,25,29). The van der Waals surface area contributed by atoms with E-state index in [1.54, 1.807) is 21.9 Å². The van der Waals surface area contributed by atoms with Gasteiger partial charge in [-0.3, -0.25) is 14.4 Å². The summed E-state index contributed by atoms with van der Waals surface area (Å²) in [7, 11) is 0. The van der Waals surface area contributed by atoms with E-state index in [1.807, 2.05) is 12.1 Å². The van der Waals surface area contributed by atoms with E-state index in [0.717, 1.165) is 57.3 Å². The molecule has 1 unspecified atom stereocenters. The van der Waals surface area contributed by atoms with Crippen molar-refractivity contribution in [3.8, 4) is 0 Å². The molecule has 1 atom stereocenters. The van der Waals surface area contributed by atoms with Crippen LogP contribution in [0.2, 0.25) is 0 Å². The van der Waals surface area contributed by atoms with Crippen molar-refractivity contribution in [1.82, 2.24) is 10.2 Å². The monoisotopic (exact) mass is 413 g/mol. The summed E-state index contributed by atoms with van der Waals surface area (Å²) in [5.41, 5.74) is 1.47. The molecule has 1 N–H and O–H groups in total. The summed E-state index contributed by atoms with van der Waals surface area (Å²) in [6, 6.07) is 7.33. The van der Waals surface area contributed by atoms with Crippen LogP contribution < -0.4 is 10.2 Å². The number of rotatable bonds is 8. The van der Waals surface area contributed by atoms with E-state index >= 15 is 0 Å². The van der Waals surface area contributed by atoms with Crippen molar-refractivity contribution < 1.29 is 14.4 Å². The molecular formula is C24H35N3O3. The van der Waals surface area contributed by atoms with Crippen LogP contribution in [0.1, 0.15) is 75.1 Å². The lowest BCUT2D eigenvalue weighted by atomic mass is 9.96. The van der Waals surface area contributed by atoms with E-state index in [0.29, 0.717) is 25.1 Å². The van der Waals surface area contributed by atoms with E-state index < -0.39 is 0 Å². The Bertz CT molecular complexity index is 732. The van der Waals surface area contributed by atoms with Crippen LogP contribution >= 0.6 is 0 Å². The lowest BCUT2D eigenvalue weighted by Gasteiger charge is -2.32. The van der Waals surface area contributed by atoms with Gasteiger partial charge in [0, 0.05) is 43.9 Å². The lowest BCUT2D eigenvalue weighted by molar-refractivity contribution is -0.126. The molecule has 2 aliphatic heterocycles. The number of likely N-dealkylation sites (tertiary alicyclic amines) is 1. The summed E-state index contributed by atoms with van der Waals surface area (Å²) < 4.78 is 0. The van der Waals surface area contributed by atoms with Gasteiger partial charge in [-0.1, -0.05) is 26.2 Å². The summed E-state index contributed by atoms with van der Waals surface area (Å²) in [6.45, 7) is 4.80. The van der Waals surface area contributed by atoms with Crippen LogP contribution in [0, 0.1) is 5.92 Å². The van der Waals surface area contributed by atoms with E-state index in [-0.39, 0.29) is 23.6 Å².